The molecule has 10 heteroatoms. The maximum absolute atomic E-state index is 13.1. The maximum Gasteiger partial charge on any atom is 0.319 e. The lowest BCUT2D eigenvalue weighted by Crippen LogP contribution is -2.20. The minimum absolute atomic E-state index is 0.215. The molecule has 0 aromatic rings. The van der Waals surface area contributed by atoms with Crippen molar-refractivity contribution in [2.45, 2.75) is 308 Å². The second-order valence-corrected chi connectivity index (χ2v) is 29.2. The van der Waals surface area contributed by atoms with Gasteiger partial charge >= 0.3 is 17.9 Å². The van der Waals surface area contributed by atoms with Crippen LogP contribution in [0.5, 0.6) is 0 Å². The molecule has 3 atom stereocenters. The van der Waals surface area contributed by atoms with Crippen LogP contribution in [0.2, 0.25) is 0 Å². The summed E-state index contributed by atoms with van der Waals surface area (Å²) in [5.74, 6) is -0.645. The Kier molecular flexibility index (Phi) is 50.7. The highest BCUT2D eigenvalue weighted by molar-refractivity contribution is 9.12. The average molecular weight is 978 g/mol. The van der Waals surface area contributed by atoms with Crippen LogP contribution in [-0.4, -0.2) is 53.5 Å². The molecule has 0 aliphatic carbocycles. The van der Waals surface area contributed by atoms with Crippen molar-refractivity contribution in [3.05, 3.63) is 0 Å². The zero-order valence-corrected chi connectivity index (χ0v) is 46.4. The van der Waals surface area contributed by atoms with E-state index in [4.69, 9.17) is 14.2 Å². The van der Waals surface area contributed by atoms with Crippen LogP contribution >= 0.6 is 39.7 Å². The van der Waals surface area contributed by atoms with Crippen LogP contribution in [-0.2, 0) is 28.6 Å². The van der Waals surface area contributed by atoms with Crippen molar-refractivity contribution in [1.82, 2.24) is 0 Å². The third-order valence-corrected chi connectivity index (χ3v) is 23.3. The summed E-state index contributed by atoms with van der Waals surface area (Å²) in [7, 11) is 0. The van der Waals surface area contributed by atoms with Gasteiger partial charge in [-0.05, 0) is 40.0 Å². The Morgan fingerprint density at radius 2 is 0.453 bits per heavy atom. The summed E-state index contributed by atoms with van der Waals surface area (Å²) in [6.07, 6.45) is 50.0. The first-order valence-electron chi connectivity index (χ1n) is 27.6. The summed E-state index contributed by atoms with van der Waals surface area (Å²) in [6.45, 7) is 13.8. The molecule has 0 aromatic carbocycles. The molecule has 380 valence electrons. The van der Waals surface area contributed by atoms with Gasteiger partial charge < -0.3 is 14.2 Å². The monoisotopic (exact) mass is 977 g/mol. The quantitative estimate of drug-likeness (QED) is 0.0256. The summed E-state index contributed by atoms with van der Waals surface area (Å²) < 4.78 is 17.2. The minimum atomic E-state index is -1.04. The highest BCUT2D eigenvalue weighted by Gasteiger charge is 2.30. The number of carbonyl (C=O) groups excluding carboxylic acids is 3. The Morgan fingerprint density at radius 3 is 0.625 bits per heavy atom. The van der Waals surface area contributed by atoms with Gasteiger partial charge in [0.05, 0.1) is 25.3 Å². The van der Waals surface area contributed by atoms with E-state index in [2.05, 4.69) is 20.8 Å². The SMILES string of the molecule is CCCCCCCCCCCCCCCOC(=O)C(C)SP(SC(C)C(=O)OCCCCCCCCCCCCCCC)SC(C)C(=O)OCCCCCCCCCCCCCCC. The second-order valence-electron chi connectivity index (χ2n) is 18.7. The van der Waals surface area contributed by atoms with E-state index >= 15 is 0 Å². The molecule has 6 nitrogen and oxygen atoms in total. The topological polar surface area (TPSA) is 78.9 Å². The van der Waals surface area contributed by atoms with Gasteiger partial charge in [-0.2, -0.15) is 0 Å². The molecule has 0 aliphatic rings. The molecule has 0 heterocycles. The number of unbranched alkanes of at least 4 members (excludes halogenated alkanes) is 36. The molecular weight excluding hydrogens is 872 g/mol. The molecule has 0 radical (unpaired) electrons. The van der Waals surface area contributed by atoms with Crippen molar-refractivity contribution in [3.8, 4) is 0 Å². The van der Waals surface area contributed by atoms with E-state index in [9.17, 15) is 14.4 Å². The predicted octanol–water partition coefficient (Wildman–Crippen LogP) is 19.5. The van der Waals surface area contributed by atoms with E-state index in [1.165, 1.54) is 246 Å². The fourth-order valence-corrected chi connectivity index (χ4v) is 21.1. The van der Waals surface area contributed by atoms with E-state index in [0.717, 1.165) is 38.5 Å². The van der Waals surface area contributed by atoms with Crippen molar-refractivity contribution < 1.29 is 28.6 Å². The van der Waals surface area contributed by atoms with E-state index < -0.39 is 21.3 Å². The van der Waals surface area contributed by atoms with E-state index in [1.807, 2.05) is 20.8 Å². The van der Waals surface area contributed by atoms with Crippen molar-refractivity contribution in [2.24, 2.45) is 0 Å². The van der Waals surface area contributed by atoms with Gasteiger partial charge in [-0.15, -0.1) is 0 Å². The van der Waals surface area contributed by atoms with Crippen molar-refractivity contribution in [3.63, 3.8) is 0 Å². The Hall–Kier alpha value is -0.110. The van der Waals surface area contributed by atoms with Crippen molar-refractivity contribution >= 4 is 57.6 Å². The first-order chi connectivity index (χ1) is 31.3. The Balaban J connectivity index is 4.65. The number of rotatable bonds is 51. The molecule has 0 rings (SSSR count). The Labute approximate surface area is 411 Å². The molecule has 0 aliphatic heterocycles. The van der Waals surface area contributed by atoms with Gasteiger partial charge in [0.2, 0.25) is 0 Å². The van der Waals surface area contributed by atoms with Crippen LogP contribution in [0.3, 0.4) is 0 Å². The van der Waals surface area contributed by atoms with E-state index in [1.54, 1.807) is 0 Å². The fraction of sp³-hybridized carbons (Fsp3) is 0.944. The zero-order chi connectivity index (χ0) is 47.0. The highest BCUT2D eigenvalue weighted by atomic mass is 33.4. The number of hydrogen-bond donors (Lipinski definition) is 0. The van der Waals surface area contributed by atoms with Crippen molar-refractivity contribution in [1.29, 1.82) is 0 Å². The predicted molar refractivity (Wildman–Crippen MR) is 288 cm³/mol. The first kappa shape index (κ1) is 63.9. The van der Waals surface area contributed by atoms with Gasteiger partial charge in [-0.1, -0.05) is 286 Å². The van der Waals surface area contributed by atoms with Crippen molar-refractivity contribution in [2.75, 3.05) is 19.8 Å². The van der Waals surface area contributed by atoms with Crippen LogP contribution in [0.1, 0.15) is 292 Å². The van der Waals surface area contributed by atoms with E-state index in [0.29, 0.717) is 19.8 Å². The van der Waals surface area contributed by atoms with Crippen LogP contribution in [0.15, 0.2) is 0 Å². The lowest BCUT2D eigenvalue weighted by molar-refractivity contribution is -0.143. The summed E-state index contributed by atoms with van der Waals surface area (Å²) in [5, 5.41) is -1.18. The minimum Gasteiger partial charge on any atom is -0.465 e. The largest absolute Gasteiger partial charge is 0.465 e. The van der Waals surface area contributed by atoms with Crippen LogP contribution in [0.4, 0.5) is 0 Å². The van der Waals surface area contributed by atoms with E-state index in [-0.39, 0.29) is 17.9 Å². The Bertz CT molecular complexity index is 898. The standard InChI is InChI=1S/C54H105O6PS3/c1-7-10-13-16-19-22-25-28-31-34-37-40-43-46-58-52(55)49(4)62-61(63-50(5)53(56)59-47-44-41-38-35-32-29-26-23-20-17-14-11-8-2)64-51(6)54(57)60-48-45-42-39-36-33-30-27-24-21-18-15-12-9-3/h49-51H,7-48H2,1-6H3. The molecule has 0 bridgehead atoms. The molecule has 3 unspecified atom stereocenters. The molecule has 0 amide bonds. The number of hydrogen-bond acceptors (Lipinski definition) is 9. The molecule has 0 saturated heterocycles. The van der Waals surface area contributed by atoms with Crippen LogP contribution in [0.25, 0.3) is 0 Å². The van der Waals surface area contributed by atoms with Crippen LogP contribution < -0.4 is 0 Å². The lowest BCUT2D eigenvalue weighted by Gasteiger charge is -2.23. The normalized spacial score (nSPS) is 13.4. The average Bonchev–Trinajstić information content (AvgIpc) is 3.28. The second kappa shape index (κ2) is 50.8. The zero-order valence-electron chi connectivity index (χ0n) is 43.1. The third kappa shape index (κ3) is 44.4. The summed E-state index contributed by atoms with van der Waals surface area (Å²) in [6, 6.07) is 0. The molecule has 0 fully saturated rings. The lowest BCUT2D eigenvalue weighted by atomic mass is 10.0. The number of carbonyl (C=O) groups is 3. The van der Waals surface area contributed by atoms with Crippen LogP contribution in [0, 0.1) is 0 Å². The smallest absolute Gasteiger partial charge is 0.319 e. The summed E-state index contributed by atoms with van der Waals surface area (Å²) in [5.41, 5.74) is -1.04. The summed E-state index contributed by atoms with van der Waals surface area (Å²) >= 11 is 4.58. The van der Waals surface area contributed by atoms with Gasteiger partial charge in [0.1, 0.15) is 15.7 Å². The first-order valence-corrected chi connectivity index (χ1v) is 33.4. The van der Waals surface area contributed by atoms with Gasteiger partial charge in [0.25, 0.3) is 0 Å². The molecule has 0 aromatic heterocycles. The summed E-state index contributed by atoms with van der Waals surface area (Å²) in [4.78, 5) is 39.4. The highest BCUT2D eigenvalue weighted by Crippen LogP contribution is 2.73. The van der Waals surface area contributed by atoms with Gasteiger partial charge in [-0.3, -0.25) is 14.4 Å². The fourth-order valence-electron chi connectivity index (χ4n) is 7.82. The number of ether oxygens (including phenoxy) is 3. The molecule has 0 N–H and O–H groups in total. The molecule has 0 saturated carbocycles. The Morgan fingerprint density at radius 1 is 0.297 bits per heavy atom. The van der Waals surface area contributed by atoms with Gasteiger partial charge in [0.15, 0.2) is 0 Å². The molecule has 64 heavy (non-hydrogen) atoms. The number of esters is 3. The van der Waals surface area contributed by atoms with Gasteiger partial charge in [0, 0.05) is 0 Å². The molecule has 0 spiro atoms. The third-order valence-electron chi connectivity index (χ3n) is 12.2. The maximum atomic E-state index is 13.1. The van der Waals surface area contributed by atoms with Gasteiger partial charge in [-0.25, -0.2) is 0 Å². The molecular formula is C54H105O6PS3.